The molecule has 158 valence electrons. The molecule has 2 heterocycles. The van der Waals surface area contributed by atoms with E-state index in [2.05, 4.69) is 22.2 Å². The lowest BCUT2D eigenvalue weighted by molar-refractivity contribution is 0.0949. The Hall–Kier alpha value is -2.86. The van der Waals surface area contributed by atoms with Gasteiger partial charge in [0.05, 0.1) is 25.4 Å². The van der Waals surface area contributed by atoms with Gasteiger partial charge in [0.2, 0.25) is 0 Å². The lowest BCUT2D eigenvalue weighted by Crippen LogP contribution is -2.34. The molecular weight excluding hydrogens is 376 g/mol. The van der Waals surface area contributed by atoms with Crippen LogP contribution in [-0.4, -0.2) is 53.4 Å². The molecule has 1 atom stereocenters. The number of hydrogen-bond acceptors (Lipinski definition) is 4. The minimum absolute atomic E-state index is 0.0281. The van der Waals surface area contributed by atoms with E-state index in [1.165, 1.54) is 25.9 Å². The van der Waals surface area contributed by atoms with Crippen molar-refractivity contribution in [1.29, 1.82) is 0 Å². The molecule has 1 aromatic heterocycles. The number of likely N-dealkylation sites (tertiary alicyclic amines) is 1. The largest absolute Gasteiger partial charge is 0.497 e. The zero-order valence-corrected chi connectivity index (χ0v) is 17.8. The maximum Gasteiger partial charge on any atom is 0.251 e. The van der Waals surface area contributed by atoms with Gasteiger partial charge in [-0.2, -0.15) is 5.10 Å². The van der Waals surface area contributed by atoms with Crippen molar-refractivity contribution >= 4 is 16.8 Å². The summed E-state index contributed by atoms with van der Waals surface area (Å²) in [6.45, 7) is 5.93. The van der Waals surface area contributed by atoms with E-state index in [0.29, 0.717) is 24.7 Å². The molecule has 4 rings (SSSR count). The first-order chi connectivity index (χ1) is 14.6. The number of carbonyl (C=O) groups excluding carboxylic acids is 1. The second-order valence-electron chi connectivity index (χ2n) is 8.06. The highest BCUT2D eigenvalue weighted by molar-refractivity contribution is 5.97. The number of fused-ring (bicyclic) bond motifs is 1. The van der Waals surface area contributed by atoms with E-state index in [1.54, 1.807) is 7.11 Å². The molecule has 1 amide bonds. The van der Waals surface area contributed by atoms with E-state index < -0.39 is 0 Å². The Morgan fingerprint density at radius 1 is 1.20 bits per heavy atom. The van der Waals surface area contributed by atoms with Crippen LogP contribution in [0.3, 0.4) is 0 Å². The third kappa shape index (κ3) is 4.65. The van der Waals surface area contributed by atoms with Crippen LogP contribution in [0.1, 0.15) is 42.1 Å². The van der Waals surface area contributed by atoms with Crippen LogP contribution >= 0.6 is 0 Å². The van der Waals surface area contributed by atoms with Gasteiger partial charge in [-0.05, 0) is 69.1 Å². The van der Waals surface area contributed by atoms with E-state index in [-0.39, 0.29) is 5.91 Å². The number of carbonyl (C=O) groups is 1. The van der Waals surface area contributed by atoms with Crippen LogP contribution in [0.5, 0.6) is 5.75 Å². The summed E-state index contributed by atoms with van der Waals surface area (Å²) in [5.74, 6) is 0.798. The van der Waals surface area contributed by atoms with Gasteiger partial charge in [0.25, 0.3) is 5.91 Å². The molecule has 1 fully saturated rings. The number of ether oxygens (including phenoxy) is 1. The monoisotopic (exact) mass is 406 g/mol. The maximum absolute atomic E-state index is 12.7. The van der Waals surface area contributed by atoms with Crippen LogP contribution in [0, 0.1) is 0 Å². The van der Waals surface area contributed by atoms with Crippen LogP contribution in [0.4, 0.5) is 0 Å². The van der Waals surface area contributed by atoms with Crippen LogP contribution in [0.2, 0.25) is 0 Å². The number of amides is 1. The van der Waals surface area contributed by atoms with E-state index in [0.717, 1.165) is 28.6 Å². The van der Waals surface area contributed by atoms with Gasteiger partial charge in [-0.1, -0.05) is 18.2 Å². The van der Waals surface area contributed by atoms with Crippen molar-refractivity contribution in [2.24, 2.45) is 0 Å². The van der Waals surface area contributed by atoms with E-state index >= 15 is 0 Å². The molecule has 1 aliphatic heterocycles. The summed E-state index contributed by atoms with van der Waals surface area (Å²) in [5.41, 5.74) is 2.73. The minimum Gasteiger partial charge on any atom is -0.497 e. The summed E-state index contributed by atoms with van der Waals surface area (Å²) >= 11 is 0. The predicted molar refractivity (Wildman–Crippen MR) is 119 cm³/mol. The van der Waals surface area contributed by atoms with Crippen molar-refractivity contribution in [2.45, 2.75) is 38.8 Å². The topological polar surface area (TPSA) is 59.4 Å². The fourth-order valence-electron chi connectivity index (χ4n) is 4.14. The number of nitrogens with one attached hydrogen (secondary N) is 1. The Balaban J connectivity index is 1.41. The summed E-state index contributed by atoms with van der Waals surface area (Å²) in [7, 11) is 1.67. The number of aromatic nitrogens is 2. The fourth-order valence-corrected chi connectivity index (χ4v) is 4.14. The van der Waals surface area contributed by atoms with Crippen LogP contribution in [0.15, 0.2) is 48.7 Å². The molecule has 6 heteroatoms. The van der Waals surface area contributed by atoms with Gasteiger partial charge < -0.3 is 15.0 Å². The van der Waals surface area contributed by atoms with E-state index in [9.17, 15) is 4.79 Å². The Morgan fingerprint density at radius 2 is 2.03 bits per heavy atom. The number of benzene rings is 2. The second kappa shape index (κ2) is 9.30. The standard InChI is InChI=1S/C24H30N4O2/c1-18(27-12-3-4-13-27)10-11-25-24(29)20-8-9-21-16-26-28(23(21)15-20)17-19-6-5-7-22(14-19)30-2/h5-9,14-16,18H,3-4,10-13,17H2,1-2H3,(H,25,29)/t18-/m0/s1. The fraction of sp³-hybridized carbons (Fsp3) is 0.417. The zero-order valence-electron chi connectivity index (χ0n) is 17.8. The predicted octanol–water partition coefficient (Wildman–Crippen LogP) is 3.70. The molecule has 2 aromatic carbocycles. The molecule has 0 spiro atoms. The van der Waals surface area contributed by atoms with Gasteiger partial charge in [-0.25, -0.2) is 0 Å². The normalized spacial score (nSPS) is 15.4. The smallest absolute Gasteiger partial charge is 0.251 e. The second-order valence-corrected chi connectivity index (χ2v) is 8.06. The molecule has 0 aliphatic carbocycles. The molecule has 1 saturated heterocycles. The summed E-state index contributed by atoms with van der Waals surface area (Å²) in [4.78, 5) is 15.2. The van der Waals surface area contributed by atoms with Gasteiger partial charge in [0.15, 0.2) is 0 Å². The van der Waals surface area contributed by atoms with Crippen molar-refractivity contribution in [3.05, 3.63) is 59.8 Å². The zero-order chi connectivity index (χ0) is 20.9. The minimum atomic E-state index is -0.0281. The molecule has 30 heavy (non-hydrogen) atoms. The Bertz CT molecular complexity index is 1010. The third-order valence-electron chi connectivity index (χ3n) is 5.99. The number of methoxy groups -OCH3 is 1. The molecule has 1 N–H and O–H groups in total. The number of nitrogens with zero attached hydrogens (tertiary/aromatic N) is 3. The highest BCUT2D eigenvalue weighted by Gasteiger charge is 2.18. The Labute approximate surface area is 177 Å². The number of rotatable bonds is 8. The van der Waals surface area contributed by atoms with Crippen molar-refractivity contribution in [2.75, 3.05) is 26.7 Å². The molecule has 0 radical (unpaired) electrons. The quantitative estimate of drug-likeness (QED) is 0.620. The SMILES string of the molecule is COc1cccc(Cn2ncc3ccc(C(=O)NCC[C@H](C)N4CCCC4)cc32)c1. The Morgan fingerprint density at radius 3 is 2.83 bits per heavy atom. The van der Waals surface area contributed by atoms with Crippen molar-refractivity contribution < 1.29 is 9.53 Å². The third-order valence-corrected chi connectivity index (χ3v) is 5.99. The summed E-state index contributed by atoms with van der Waals surface area (Å²) in [6, 6.07) is 14.2. The highest BCUT2D eigenvalue weighted by Crippen LogP contribution is 2.19. The first-order valence-electron chi connectivity index (χ1n) is 10.7. The summed E-state index contributed by atoms with van der Waals surface area (Å²) in [6.07, 6.45) is 5.40. The molecule has 0 bridgehead atoms. The molecule has 3 aromatic rings. The molecule has 0 saturated carbocycles. The van der Waals surface area contributed by atoms with Crippen LogP contribution in [-0.2, 0) is 6.54 Å². The lowest BCUT2D eigenvalue weighted by Gasteiger charge is -2.23. The van der Waals surface area contributed by atoms with Crippen molar-refractivity contribution in [3.8, 4) is 5.75 Å². The van der Waals surface area contributed by atoms with Gasteiger partial charge in [0.1, 0.15) is 5.75 Å². The Kier molecular flexibility index (Phi) is 6.33. The lowest BCUT2D eigenvalue weighted by atomic mass is 10.1. The van der Waals surface area contributed by atoms with Gasteiger partial charge in [-0.3, -0.25) is 9.48 Å². The van der Waals surface area contributed by atoms with Crippen molar-refractivity contribution in [3.63, 3.8) is 0 Å². The first-order valence-corrected chi connectivity index (χ1v) is 10.7. The maximum atomic E-state index is 12.7. The average Bonchev–Trinajstić information content (AvgIpc) is 3.44. The molecule has 1 aliphatic rings. The van der Waals surface area contributed by atoms with Gasteiger partial charge in [-0.15, -0.1) is 0 Å². The average molecular weight is 407 g/mol. The van der Waals surface area contributed by atoms with Crippen molar-refractivity contribution in [1.82, 2.24) is 20.0 Å². The van der Waals surface area contributed by atoms with Crippen LogP contribution in [0.25, 0.3) is 10.9 Å². The molecule has 0 unspecified atom stereocenters. The summed E-state index contributed by atoms with van der Waals surface area (Å²) in [5, 5.41) is 8.62. The molecule has 6 nitrogen and oxygen atoms in total. The van der Waals surface area contributed by atoms with Gasteiger partial charge in [0, 0.05) is 23.5 Å². The van der Waals surface area contributed by atoms with Crippen LogP contribution < -0.4 is 10.1 Å². The number of hydrogen-bond donors (Lipinski definition) is 1. The van der Waals surface area contributed by atoms with E-state index in [4.69, 9.17) is 4.74 Å². The summed E-state index contributed by atoms with van der Waals surface area (Å²) < 4.78 is 7.24. The van der Waals surface area contributed by atoms with Gasteiger partial charge >= 0.3 is 0 Å². The van der Waals surface area contributed by atoms with E-state index in [1.807, 2.05) is 53.3 Å². The molecular formula is C24H30N4O2. The first kappa shape index (κ1) is 20.4. The highest BCUT2D eigenvalue weighted by atomic mass is 16.5.